The molecule has 2 fully saturated rings. The van der Waals surface area contributed by atoms with Crippen LogP contribution in [0.25, 0.3) is 0 Å². The molecular formula is C49H64N10O11S. The van der Waals surface area contributed by atoms with E-state index in [1.807, 2.05) is 60.7 Å². The minimum atomic E-state index is -1.57. The van der Waals surface area contributed by atoms with Crippen LogP contribution in [-0.4, -0.2) is 114 Å². The summed E-state index contributed by atoms with van der Waals surface area (Å²) in [6.07, 6.45) is 0.884. The van der Waals surface area contributed by atoms with E-state index in [0.717, 1.165) is 22.5 Å². The zero-order chi connectivity index (χ0) is 51.6. The number of carbonyl (C=O) groups excluding carboxylic acids is 6. The predicted molar refractivity (Wildman–Crippen MR) is 261 cm³/mol. The highest BCUT2D eigenvalue weighted by atomic mass is 32.1. The number of amides is 5. The number of hydrogen-bond acceptors (Lipinski definition) is 16. The first kappa shape index (κ1) is 53.3. The number of ether oxygens (including phenoxy) is 4. The minimum Gasteiger partial charge on any atom is -0.450 e. The average molecular weight is 1000 g/mol. The number of benzene rings is 2. The number of alkyl carbamates (subject to hydrolysis) is 1. The van der Waals surface area contributed by atoms with E-state index in [4.69, 9.17) is 23.8 Å². The Morgan fingerprint density at radius 3 is 2.07 bits per heavy atom. The monoisotopic (exact) mass is 1000 g/mol. The highest BCUT2D eigenvalue weighted by molar-refractivity contribution is 7.14. The third kappa shape index (κ3) is 15.7. The van der Waals surface area contributed by atoms with E-state index in [1.54, 1.807) is 62.3 Å². The Hall–Kier alpha value is -7.10. The maximum Gasteiger partial charge on any atom is 0.413 e. The maximum atomic E-state index is 14.3. The Kier molecular flexibility index (Phi) is 17.1. The molecule has 21 nitrogen and oxygen atoms in total. The zero-order valence-corrected chi connectivity index (χ0v) is 42.4. The van der Waals surface area contributed by atoms with Crippen molar-refractivity contribution in [3.8, 4) is 0 Å². The zero-order valence-electron chi connectivity index (χ0n) is 41.6. The standard InChI is InChI=1S/C49H64N10O11S/c1-46(2,3)67-43(63)50-25-18-26-58(45(65)69-48(7,8)9)28-33-27-51-59(56-33)29-34-36(39(60)52-34)54-40(61)37(35-30-71-42(53-35)55-44(64)68-47(4,5)6)57-70-49(23-16-17-24-49)41(62)66-38(31-19-12-10-13-20-31)32-21-14-11-15-22-32/h10-15,19-22,27,30,34,36,38H,16-18,23-26,28-29H2,1-9H3,(H,50,63)(H,52,60)(H,54,61)(H,53,55,64)/b57-37-/t34-,36+/m1/s1. The summed E-state index contributed by atoms with van der Waals surface area (Å²) >= 11 is 0.993. The van der Waals surface area contributed by atoms with Gasteiger partial charge in [0, 0.05) is 31.3 Å². The van der Waals surface area contributed by atoms with Crippen LogP contribution < -0.4 is 21.3 Å². The van der Waals surface area contributed by atoms with Crippen molar-refractivity contribution in [2.24, 2.45) is 5.16 Å². The van der Waals surface area contributed by atoms with E-state index in [-0.39, 0.29) is 55.6 Å². The van der Waals surface area contributed by atoms with Crippen molar-refractivity contribution >= 4 is 58.2 Å². The molecule has 3 heterocycles. The van der Waals surface area contributed by atoms with Gasteiger partial charge >= 0.3 is 24.2 Å². The van der Waals surface area contributed by atoms with Gasteiger partial charge in [0.1, 0.15) is 34.2 Å². The lowest BCUT2D eigenvalue weighted by molar-refractivity contribution is -0.176. The van der Waals surface area contributed by atoms with Crippen LogP contribution in [0.5, 0.6) is 0 Å². The van der Waals surface area contributed by atoms with Crippen molar-refractivity contribution < 1.29 is 52.6 Å². The first-order chi connectivity index (χ1) is 33.5. The molecule has 2 aromatic carbocycles. The second-order valence-corrected chi connectivity index (χ2v) is 21.0. The largest absolute Gasteiger partial charge is 0.450 e. The van der Waals surface area contributed by atoms with Crippen LogP contribution >= 0.6 is 11.3 Å². The summed E-state index contributed by atoms with van der Waals surface area (Å²) < 4.78 is 22.6. The molecule has 1 aliphatic heterocycles. The molecule has 382 valence electrons. The molecule has 1 saturated heterocycles. The number of thiazole rings is 1. The highest BCUT2D eigenvalue weighted by Gasteiger charge is 2.48. The van der Waals surface area contributed by atoms with Crippen LogP contribution in [0.1, 0.15) is 123 Å². The van der Waals surface area contributed by atoms with Gasteiger partial charge in [0.05, 0.1) is 25.3 Å². The Labute approximate surface area is 416 Å². The first-order valence-electron chi connectivity index (χ1n) is 23.4. The summed E-state index contributed by atoms with van der Waals surface area (Å²) in [6.45, 7) is 16.2. The molecule has 1 saturated carbocycles. The molecule has 71 heavy (non-hydrogen) atoms. The number of β-lactam (4-membered cyclic amide) rings is 1. The smallest absolute Gasteiger partial charge is 0.413 e. The number of esters is 1. The van der Waals surface area contributed by atoms with Crippen molar-refractivity contribution in [2.75, 3.05) is 18.4 Å². The fraction of sp³-hybridized carbons (Fsp3) is 0.510. The molecule has 2 aliphatic rings. The van der Waals surface area contributed by atoms with Crippen molar-refractivity contribution in [3.63, 3.8) is 0 Å². The van der Waals surface area contributed by atoms with Gasteiger partial charge in [-0.25, -0.2) is 24.2 Å². The summed E-state index contributed by atoms with van der Waals surface area (Å²) in [7, 11) is 0. The molecule has 0 bridgehead atoms. The Morgan fingerprint density at radius 2 is 1.48 bits per heavy atom. The van der Waals surface area contributed by atoms with Crippen LogP contribution in [0.4, 0.5) is 19.5 Å². The SMILES string of the molecule is CC(C)(C)OC(=O)NCCCN(Cc1cnn(C[C@H]2NC(=O)[C@H]2NC(=O)/C(=N\OC2(C(=O)OC(c3ccccc3)c3ccccc3)CCCC2)c2csc(NC(=O)OC(C)(C)C)n2)n1)C(=O)OC(C)(C)C. The van der Waals surface area contributed by atoms with Crippen molar-refractivity contribution in [1.29, 1.82) is 0 Å². The Bertz CT molecular complexity index is 2480. The van der Waals surface area contributed by atoms with Gasteiger partial charge in [0.2, 0.25) is 11.5 Å². The molecular weight excluding hydrogens is 937 g/mol. The van der Waals surface area contributed by atoms with Crippen molar-refractivity contribution in [3.05, 3.63) is 94.8 Å². The number of nitrogens with one attached hydrogen (secondary N) is 4. The van der Waals surface area contributed by atoms with E-state index >= 15 is 0 Å². The van der Waals surface area contributed by atoms with Gasteiger partial charge in [-0.3, -0.25) is 14.9 Å². The van der Waals surface area contributed by atoms with Gasteiger partial charge in [-0.15, -0.1) is 11.3 Å². The normalized spacial score (nSPS) is 16.8. The van der Waals surface area contributed by atoms with E-state index in [2.05, 4.69) is 41.6 Å². The highest BCUT2D eigenvalue weighted by Crippen LogP contribution is 2.38. The Balaban J connectivity index is 1.18. The summed E-state index contributed by atoms with van der Waals surface area (Å²) in [5.74, 6) is -2.03. The summed E-state index contributed by atoms with van der Waals surface area (Å²) in [5, 5.41) is 25.5. The predicted octanol–water partition coefficient (Wildman–Crippen LogP) is 6.78. The Morgan fingerprint density at radius 1 is 0.873 bits per heavy atom. The number of anilines is 1. The molecule has 5 amide bonds. The fourth-order valence-electron chi connectivity index (χ4n) is 7.42. The van der Waals surface area contributed by atoms with Gasteiger partial charge in [-0.1, -0.05) is 65.8 Å². The minimum absolute atomic E-state index is 0.0173. The topological polar surface area (TPSA) is 256 Å². The van der Waals surface area contributed by atoms with Crippen LogP contribution in [0.2, 0.25) is 0 Å². The van der Waals surface area contributed by atoms with Gasteiger partial charge < -0.3 is 44.6 Å². The van der Waals surface area contributed by atoms with Gasteiger partial charge in [-0.05, 0) is 92.7 Å². The molecule has 0 unspecified atom stereocenters. The van der Waals surface area contributed by atoms with Crippen LogP contribution in [0, 0.1) is 0 Å². The summed E-state index contributed by atoms with van der Waals surface area (Å²) in [6, 6.07) is 16.8. The number of hydrogen-bond donors (Lipinski definition) is 4. The molecule has 0 spiro atoms. The fourth-order valence-corrected chi connectivity index (χ4v) is 8.10. The van der Waals surface area contributed by atoms with Crippen molar-refractivity contribution in [2.45, 2.75) is 148 Å². The molecule has 2 atom stereocenters. The third-order valence-corrected chi connectivity index (χ3v) is 11.4. The maximum absolute atomic E-state index is 14.3. The number of carbonyl (C=O) groups is 6. The van der Waals surface area contributed by atoms with Gasteiger partial charge in [-0.2, -0.15) is 15.0 Å². The molecule has 1 aliphatic carbocycles. The summed E-state index contributed by atoms with van der Waals surface area (Å²) in [4.78, 5) is 93.3. The quantitative estimate of drug-likeness (QED) is 0.0200. The van der Waals surface area contributed by atoms with Crippen LogP contribution in [0.3, 0.4) is 0 Å². The van der Waals surface area contributed by atoms with E-state index in [9.17, 15) is 28.8 Å². The van der Waals surface area contributed by atoms with Gasteiger partial charge in [0.15, 0.2) is 16.9 Å². The van der Waals surface area contributed by atoms with Gasteiger partial charge in [0.25, 0.3) is 5.91 Å². The number of aromatic nitrogens is 4. The van der Waals surface area contributed by atoms with E-state index < -0.39 is 76.7 Å². The third-order valence-electron chi connectivity index (χ3n) is 10.6. The summed E-state index contributed by atoms with van der Waals surface area (Å²) in [5.41, 5.74) is -2.31. The second kappa shape index (κ2) is 22.8. The molecule has 2 aromatic heterocycles. The van der Waals surface area contributed by atoms with E-state index in [1.165, 1.54) is 21.3 Å². The molecule has 6 rings (SSSR count). The second-order valence-electron chi connectivity index (χ2n) is 20.1. The molecule has 22 heteroatoms. The van der Waals surface area contributed by atoms with Crippen molar-refractivity contribution in [1.82, 2.24) is 40.8 Å². The van der Waals surface area contributed by atoms with Crippen LogP contribution in [0.15, 0.2) is 77.4 Å². The number of oxime groups is 1. The lowest BCUT2D eigenvalue weighted by atomic mass is 9.98. The van der Waals surface area contributed by atoms with E-state index in [0.29, 0.717) is 25.0 Å². The lowest BCUT2D eigenvalue weighted by Crippen LogP contribution is -2.70. The molecule has 4 N–H and O–H groups in total. The molecule has 4 aromatic rings. The lowest BCUT2D eigenvalue weighted by Gasteiger charge is -2.36. The first-order valence-corrected chi connectivity index (χ1v) is 24.3. The number of nitrogens with zero attached hydrogens (tertiary/aromatic N) is 6. The molecule has 0 radical (unpaired) electrons. The van der Waals surface area contributed by atoms with Crippen LogP contribution in [-0.2, 0) is 51.3 Å². The number of rotatable bonds is 18. The average Bonchev–Trinajstić information content (AvgIpc) is 4.07.